The van der Waals surface area contributed by atoms with Gasteiger partial charge in [-0.05, 0) is 25.3 Å². The highest BCUT2D eigenvalue weighted by Gasteiger charge is 2.31. The molecule has 1 saturated carbocycles. The minimum absolute atomic E-state index is 0.305. The summed E-state index contributed by atoms with van der Waals surface area (Å²) in [6.07, 6.45) is 2.65. The lowest BCUT2D eigenvalue weighted by atomic mass is 10.2. The lowest BCUT2D eigenvalue weighted by Gasteiger charge is -2.17. The van der Waals surface area contributed by atoms with Crippen LogP contribution in [0.3, 0.4) is 0 Å². The third-order valence-electron chi connectivity index (χ3n) is 2.53. The minimum atomic E-state index is -0.646. The van der Waals surface area contributed by atoms with Gasteiger partial charge < -0.3 is 5.32 Å². The van der Waals surface area contributed by atoms with Crippen LogP contribution in [0.5, 0.6) is 0 Å². The van der Waals surface area contributed by atoms with Crippen LogP contribution in [0.4, 0.5) is 0 Å². The lowest BCUT2D eigenvalue weighted by Crippen LogP contribution is -2.37. The van der Waals surface area contributed by atoms with Gasteiger partial charge in [-0.25, -0.2) is 0 Å². The zero-order valence-corrected chi connectivity index (χ0v) is 9.69. The first kappa shape index (κ1) is 11.2. The maximum absolute atomic E-state index is 11.6. The molecule has 0 bridgehead atoms. The van der Waals surface area contributed by atoms with Crippen molar-refractivity contribution in [2.75, 3.05) is 12.3 Å². The second-order valence-electron chi connectivity index (χ2n) is 4.10. The molecule has 0 spiro atoms. The fourth-order valence-electron chi connectivity index (χ4n) is 1.49. The molecule has 1 aliphatic rings. The van der Waals surface area contributed by atoms with Crippen LogP contribution >= 0.6 is 0 Å². The maximum Gasteiger partial charge on any atom is 0.0394 e. The molecule has 0 aromatic heterocycles. The summed E-state index contributed by atoms with van der Waals surface area (Å²) in [5.41, 5.74) is 0. The zero-order chi connectivity index (χ0) is 9.84. The topological polar surface area (TPSA) is 29.1 Å². The van der Waals surface area contributed by atoms with Gasteiger partial charge in [0.1, 0.15) is 0 Å². The largest absolute Gasteiger partial charge is 0.313 e. The highest BCUT2D eigenvalue weighted by Crippen LogP contribution is 2.33. The Morgan fingerprint density at radius 2 is 2.08 bits per heavy atom. The number of hydrogen-bond donors (Lipinski definition) is 1. The number of hydrogen-bond acceptors (Lipinski definition) is 2. The van der Waals surface area contributed by atoms with Crippen molar-refractivity contribution in [1.29, 1.82) is 0 Å². The van der Waals surface area contributed by atoms with Crippen LogP contribution in [0.15, 0.2) is 0 Å². The fourth-order valence-corrected chi connectivity index (χ4v) is 2.62. The van der Waals surface area contributed by atoms with Crippen LogP contribution in [0.2, 0.25) is 0 Å². The average molecular weight is 203 g/mol. The van der Waals surface area contributed by atoms with Crippen LogP contribution in [0.25, 0.3) is 0 Å². The summed E-state index contributed by atoms with van der Waals surface area (Å²) in [7, 11) is -0.646. The summed E-state index contributed by atoms with van der Waals surface area (Å²) in [6.45, 7) is 7.18. The van der Waals surface area contributed by atoms with Gasteiger partial charge in [0.15, 0.2) is 0 Å². The van der Waals surface area contributed by atoms with Gasteiger partial charge >= 0.3 is 0 Å². The van der Waals surface area contributed by atoms with Crippen LogP contribution < -0.4 is 5.32 Å². The Balaban J connectivity index is 2.33. The van der Waals surface area contributed by atoms with Crippen molar-refractivity contribution in [3.8, 4) is 0 Å². The quantitative estimate of drug-likeness (QED) is 0.709. The third kappa shape index (κ3) is 3.77. The molecule has 1 N–H and O–H groups in total. The van der Waals surface area contributed by atoms with Gasteiger partial charge in [0.25, 0.3) is 0 Å². The van der Waals surface area contributed by atoms with Gasteiger partial charge in [-0.2, -0.15) is 0 Å². The summed E-state index contributed by atoms with van der Waals surface area (Å²) < 4.78 is 11.6. The van der Waals surface area contributed by atoms with Crippen LogP contribution in [-0.2, 0) is 10.8 Å². The second-order valence-corrected chi connectivity index (χ2v) is 6.14. The van der Waals surface area contributed by atoms with Gasteiger partial charge in [-0.1, -0.05) is 20.8 Å². The van der Waals surface area contributed by atoms with Gasteiger partial charge in [0, 0.05) is 27.8 Å². The van der Waals surface area contributed by atoms with Crippen molar-refractivity contribution >= 4 is 10.8 Å². The highest BCUT2D eigenvalue weighted by atomic mass is 32.2. The molecule has 1 aliphatic carbocycles. The molecule has 0 aliphatic heterocycles. The molecule has 0 heterocycles. The van der Waals surface area contributed by atoms with Crippen LogP contribution in [-0.4, -0.2) is 27.8 Å². The number of nitrogens with one attached hydrogen (secondary N) is 1. The average Bonchev–Trinajstić information content (AvgIpc) is 2.85. The van der Waals surface area contributed by atoms with E-state index in [9.17, 15) is 4.21 Å². The van der Waals surface area contributed by atoms with Crippen molar-refractivity contribution < 1.29 is 4.21 Å². The molecule has 2 nitrogen and oxygen atoms in total. The predicted octanol–water partition coefficient (Wildman–Crippen LogP) is 1.53. The first-order chi connectivity index (χ1) is 6.15. The molecule has 0 radical (unpaired) electrons. The molecular weight excluding hydrogens is 182 g/mol. The van der Waals surface area contributed by atoms with E-state index in [1.165, 1.54) is 12.8 Å². The molecule has 2 atom stereocenters. The van der Waals surface area contributed by atoms with E-state index in [0.29, 0.717) is 11.3 Å². The maximum atomic E-state index is 11.6. The van der Waals surface area contributed by atoms with E-state index in [1.54, 1.807) is 0 Å². The smallest absolute Gasteiger partial charge is 0.0394 e. The molecule has 3 heteroatoms. The Morgan fingerprint density at radius 1 is 1.46 bits per heavy atom. The van der Waals surface area contributed by atoms with E-state index >= 15 is 0 Å². The Kier molecular flexibility index (Phi) is 4.39. The van der Waals surface area contributed by atoms with Gasteiger partial charge in [-0.15, -0.1) is 0 Å². The lowest BCUT2D eigenvalue weighted by molar-refractivity contribution is 0.513. The molecule has 1 fully saturated rings. The molecule has 1 rings (SSSR count). The van der Waals surface area contributed by atoms with Crippen LogP contribution in [0.1, 0.15) is 33.6 Å². The Labute approximate surface area is 83.9 Å². The molecule has 0 aromatic carbocycles. The Hall–Kier alpha value is 0.110. The van der Waals surface area contributed by atoms with E-state index in [4.69, 9.17) is 0 Å². The normalized spacial score (nSPS) is 21.8. The molecular formula is C10H21NOS. The summed E-state index contributed by atoms with van der Waals surface area (Å²) >= 11 is 0. The van der Waals surface area contributed by atoms with Gasteiger partial charge in [0.2, 0.25) is 0 Å². The van der Waals surface area contributed by atoms with Crippen molar-refractivity contribution in [3.05, 3.63) is 0 Å². The predicted molar refractivity (Wildman–Crippen MR) is 58.3 cm³/mol. The van der Waals surface area contributed by atoms with Crippen molar-refractivity contribution in [2.45, 2.75) is 44.9 Å². The molecule has 0 saturated heterocycles. The summed E-state index contributed by atoms with van der Waals surface area (Å²) in [6, 6.07) is 0.508. The van der Waals surface area contributed by atoms with E-state index < -0.39 is 10.8 Å². The van der Waals surface area contributed by atoms with E-state index in [0.717, 1.165) is 18.2 Å². The molecule has 78 valence electrons. The molecule has 0 aromatic rings. The van der Waals surface area contributed by atoms with Crippen LogP contribution in [0, 0.1) is 5.92 Å². The van der Waals surface area contributed by atoms with E-state index in [1.807, 2.05) is 13.8 Å². The minimum Gasteiger partial charge on any atom is -0.313 e. The summed E-state index contributed by atoms with van der Waals surface area (Å²) in [5.74, 6) is 1.65. The standard InChI is InChI=1S/C10H21NOS/c1-4-11-10(9-5-6-9)7-13(12)8(2)3/h8-11H,4-7H2,1-3H3. The first-order valence-corrected chi connectivity index (χ1v) is 6.64. The van der Waals surface area contributed by atoms with Crippen molar-refractivity contribution in [2.24, 2.45) is 5.92 Å². The van der Waals surface area contributed by atoms with Gasteiger partial charge in [-0.3, -0.25) is 4.21 Å². The van der Waals surface area contributed by atoms with Crippen molar-refractivity contribution in [3.63, 3.8) is 0 Å². The van der Waals surface area contributed by atoms with E-state index in [-0.39, 0.29) is 0 Å². The fraction of sp³-hybridized carbons (Fsp3) is 1.00. The van der Waals surface area contributed by atoms with Crippen molar-refractivity contribution in [1.82, 2.24) is 5.32 Å². The summed E-state index contributed by atoms with van der Waals surface area (Å²) in [4.78, 5) is 0. The zero-order valence-electron chi connectivity index (χ0n) is 8.88. The first-order valence-electron chi connectivity index (χ1n) is 5.25. The Morgan fingerprint density at radius 3 is 2.46 bits per heavy atom. The van der Waals surface area contributed by atoms with E-state index in [2.05, 4.69) is 12.2 Å². The van der Waals surface area contributed by atoms with Gasteiger partial charge in [0.05, 0.1) is 0 Å². The second kappa shape index (κ2) is 5.11. The third-order valence-corrected chi connectivity index (χ3v) is 4.27. The summed E-state index contributed by atoms with van der Waals surface area (Å²) in [5, 5.41) is 3.74. The Bertz CT molecular complexity index is 178. The SMILES string of the molecule is CCNC(CS(=O)C(C)C)C1CC1. The molecule has 0 amide bonds. The number of rotatable bonds is 6. The highest BCUT2D eigenvalue weighted by molar-refractivity contribution is 7.85. The monoisotopic (exact) mass is 203 g/mol. The molecule has 2 unspecified atom stereocenters. The molecule has 13 heavy (non-hydrogen) atoms.